The first-order valence-electron chi connectivity index (χ1n) is 8.39. The third-order valence-electron chi connectivity index (χ3n) is 3.59. The first-order valence-corrected chi connectivity index (χ1v) is 8.39. The fourth-order valence-electron chi connectivity index (χ4n) is 2.20. The number of aromatic nitrogens is 3. The maximum Gasteiger partial charge on any atom is 0.250 e. The first-order chi connectivity index (χ1) is 13.1. The average molecular weight is 363 g/mol. The monoisotopic (exact) mass is 363 g/mol. The highest BCUT2D eigenvalue weighted by molar-refractivity contribution is 5.80. The number of aromatic hydroxyl groups is 1. The minimum absolute atomic E-state index is 0.210. The van der Waals surface area contributed by atoms with Crippen molar-refractivity contribution in [2.75, 3.05) is 29.7 Å². The van der Waals surface area contributed by atoms with Gasteiger partial charge in [0.1, 0.15) is 5.75 Å². The van der Waals surface area contributed by atoms with Gasteiger partial charge in [0.05, 0.1) is 6.21 Å². The lowest BCUT2D eigenvalue weighted by atomic mass is 10.2. The molecule has 0 aliphatic carbocycles. The number of nitrogens with one attached hydrogen (secondary N) is 2. The lowest BCUT2D eigenvalue weighted by molar-refractivity contribution is 0.475. The van der Waals surface area contributed by atoms with E-state index in [1.165, 1.54) is 0 Å². The number of hydrazone groups is 1. The molecule has 0 aliphatic heterocycles. The molecule has 0 atom stereocenters. The third kappa shape index (κ3) is 5.40. The fraction of sp³-hybridized carbons (Fsp3) is 0.158. The Morgan fingerprint density at radius 2 is 1.67 bits per heavy atom. The van der Waals surface area contributed by atoms with Gasteiger partial charge in [0.15, 0.2) is 0 Å². The summed E-state index contributed by atoms with van der Waals surface area (Å²) in [7, 11) is 3.72. The number of anilines is 3. The topological polar surface area (TPSA) is 98.6 Å². The average Bonchev–Trinajstić information content (AvgIpc) is 2.68. The quantitative estimate of drug-likeness (QED) is 0.438. The molecule has 0 unspecified atom stereocenters. The van der Waals surface area contributed by atoms with E-state index in [0.29, 0.717) is 24.4 Å². The number of benzene rings is 2. The molecule has 27 heavy (non-hydrogen) atoms. The predicted molar refractivity (Wildman–Crippen MR) is 107 cm³/mol. The van der Waals surface area contributed by atoms with E-state index in [1.54, 1.807) is 35.4 Å². The number of hydrogen-bond donors (Lipinski definition) is 3. The maximum atomic E-state index is 9.31. The van der Waals surface area contributed by atoms with Crippen molar-refractivity contribution >= 4 is 24.1 Å². The Kier molecular flexibility index (Phi) is 5.78. The summed E-state index contributed by atoms with van der Waals surface area (Å²) in [6, 6.07) is 16.7. The first kappa shape index (κ1) is 18.1. The molecular weight excluding hydrogens is 342 g/mol. The molecule has 0 amide bonds. The molecule has 8 nitrogen and oxygen atoms in total. The normalized spacial score (nSPS) is 10.7. The van der Waals surface area contributed by atoms with Crippen LogP contribution in [0, 0.1) is 0 Å². The van der Waals surface area contributed by atoms with Gasteiger partial charge in [0.2, 0.25) is 17.8 Å². The van der Waals surface area contributed by atoms with Crippen molar-refractivity contribution in [2.24, 2.45) is 5.10 Å². The van der Waals surface area contributed by atoms with Crippen molar-refractivity contribution in [3.8, 4) is 5.75 Å². The summed E-state index contributed by atoms with van der Waals surface area (Å²) >= 11 is 0. The van der Waals surface area contributed by atoms with Crippen molar-refractivity contribution in [3.05, 3.63) is 65.7 Å². The highest BCUT2D eigenvalue weighted by atomic mass is 16.3. The molecule has 138 valence electrons. The van der Waals surface area contributed by atoms with E-state index in [1.807, 2.05) is 44.4 Å². The van der Waals surface area contributed by atoms with E-state index >= 15 is 0 Å². The summed E-state index contributed by atoms with van der Waals surface area (Å²) in [5.74, 6) is 1.52. The van der Waals surface area contributed by atoms with Gasteiger partial charge in [-0.1, -0.05) is 30.3 Å². The maximum absolute atomic E-state index is 9.31. The Morgan fingerprint density at radius 3 is 2.37 bits per heavy atom. The van der Waals surface area contributed by atoms with Gasteiger partial charge in [-0.3, -0.25) is 0 Å². The molecule has 0 saturated heterocycles. The molecule has 2 aromatic carbocycles. The van der Waals surface area contributed by atoms with Crippen LogP contribution in [0.1, 0.15) is 11.1 Å². The number of hydrogen-bond acceptors (Lipinski definition) is 8. The smallest absolute Gasteiger partial charge is 0.250 e. The van der Waals surface area contributed by atoms with Crippen LogP contribution in [0.2, 0.25) is 0 Å². The SMILES string of the molecule is CN(C)c1nc(NCc2ccccc2)nc(N/N=C\c2ccc(O)cc2)n1. The van der Waals surface area contributed by atoms with Crippen LogP contribution in [0.25, 0.3) is 0 Å². The molecule has 3 aromatic rings. The van der Waals surface area contributed by atoms with Gasteiger partial charge < -0.3 is 15.3 Å². The lowest BCUT2D eigenvalue weighted by Crippen LogP contribution is -2.16. The van der Waals surface area contributed by atoms with Crippen LogP contribution in [0.15, 0.2) is 59.7 Å². The zero-order valence-corrected chi connectivity index (χ0v) is 15.2. The molecule has 0 bridgehead atoms. The summed E-state index contributed by atoms with van der Waals surface area (Å²) in [5, 5.41) is 16.7. The second kappa shape index (κ2) is 8.61. The van der Waals surface area contributed by atoms with Crippen molar-refractivity contribution in [1.29, 1.82) is 0 Å². The van der Waals surface area contributed by atoms with E-state index in [9.17, 15) is 5.11 Å². The predicted octanol–water partition coefficient (Wildman–Crippen LogP) is 2.70. The van der Waals surface area contributed by atoms with E-state index in [4.69, 9.17) is 0 Å². The molecule has 3 rings (SSSR count). The molecule has 0 radical (unpaired) electrons. The van der Waals surface area contributed by atoms with E-state index in [-0.39, 0.29) is 5.75 Å². The summed E-state index contributed by atoms with van der Waals surface area (Å²) in [6.45, 7) is 0.605. The summed E-state index contributed by atoms with van der Waals surface area (Å²) in [4.78, 5) is 14.9. The Balaban J connectivity index is 1.71. The number of nitrogens with zero attached hydrogens (tertiary/aromatic N) is 5. The summed E-state index contributed by atoms with van der Waals surface area (Å²) < 4.78 is 0. The van der Waals surface area contributed by atoms with Crippen molar-refractivity contribution in [2.45, 2.75) is 6.54 Å². The second-order valence-corrected chi connectivity index (χ2v) is 5.98. The lowest BCUT2D eigenvalue weighted by Gasteiger charge is -2.13. The van der Waals surface area contributed by atoms with Gasteiger partial charge in [-0.2, -0.15) is 20.1 Å². The third-order valence-corrected chi connectivity index (χ3v) is 3.59. The Labute approximate surface area is 157 Å². The fourth-order valence-corrected chi connectivity index (χ4v) is 2.20. The zero-order valence-electron chi connectivity index (χ0n) is 15.2. The highest BCUT2D eigenvalue weighted by Gasteiger charge is 2.07. The summed E-state index contributed by atoms with van der Waals surface area (Å²) in [6.07, 6.45) is 1.62. The second-order valence-electron chi connectivity index (χ2n) is 5.98. The van der Waals surface area contributed by atoms with Crippen molar-refractivity contribution in [3.63, 3.8) is 0 Å². The number of phenolic OH excluding ortho intramolecular Hbond substituents is 1. The largest absolute Gasteiger partial charge is 0.508 e. The molecule has 0 saturated carbocycles. The van der Waals surface area contributed by atoms with Crippen LogP contribution in [0.3, 0.4) is 0 Å². The van der Waals surface area contributed by atoms with Crippen LogP contribution in [0.4, 0.5) is 17.8 Å². The Bertz CT molecular complexity index is 896. The standard InChI is InChI=1S/C19H21N7O/c1-26(2)19-23-17(20-12-14-6-4-3-5-7-14)22-18(24-19)25-21-13-15-8-10-16(27)11-9-15/h3-11,13,27H,12H2,1-2H3,(H2,20,22,23,24,25)/b21-13-. The van der Waals surface area contributed by atoms with Crippen LogP contribution < -0.4 is 15.6 Å². The minimum atomic E-state index is 0.210. The highest BCUT2D eigenvalue weighted by Crippen LogP contribution is 2.13. The Morgan fingerprint density at radius 1 is 0.963 bits per heavy atom. The molecule has 3 N–H and O–H groups in total. The van der Waals surface area contributed by atoms with Crippen LogP contribution in [-0.4, -0.2) is 40.4 Å². The number of phenols is 1. The van der Waals surface area contributed by atoms with Gasteiger partial charge in [-0.15, -0.1) is 0 Å². The molecule has 1 heterocycles. The summed E-state index contributed by atoms with van der Waals surface area (Å²) in [5.41, 5.74) is 4.79. The molecule has 8 heteroatoms. The van der Waals surface area contributed by atoms with E-state index < -0.39 is 0 Å². The van der Waals surface area contributed by atoms with Gasteiger partial charge in [0.25, 0.3) is 0 Å². The van der Waals surface area contributed by atoms with E-state index in [0.717, 1.165) is 11.1 Å². The van der Waals surface area contributed by atoms with Crippen LogP contribution in [-0.2, 0) is 6.54 Å². The molecule has 0 aliphatic rings. The van der Waals surface area contributed by atoms with Crippen molar-refractivity contribution < 1.29 is 5.11 Å². The van der Waals surface area contributed by atoms with Crippen LogP contribution in [0.5, 0.6) is 5.75 Å². The molecular formula is C19H21N7O. The molecule has 1 aromatic heterocycles. The van der Waals surface area contributed by atoms with Gasteiger partial charge >= 0.3 is 0 Å². The van der Waals surface area contributed by atoms with Gasteiger partial charge in [-0.25, -0.2) is 5.43 Å². The van der Waals surface area contributed by atoms with Crippen LogP contribution >= 0.6 is 0 Å². The van der Waals surface area contributed by atoms with Gasteiger partial charge in [-0.05, 0) is 35.4 Å². The van der Waals surface area contributed by atoms with E-state index in [2.05, 4.69) is 30.8 Å². The molecule has 0 fully saturated rings. The van der Waals surface area contributed by atoms with Crippen molar-refractivity contribution in [1.82, 2.24) is 15.0 Å². The Hall–Kier alpha value is -3.68. The number of rotatable bonds is 7. The zero-order chi connectivity index (χ0) is 19.1. The van der Waals surface area contributed by atoms with Gasteiger partial charge in [0, 0.05) is 20.6 Å². The minimum Gasteiger partial charge on any atom is -0.508 e. The molecule has 0 spiro atoms.